The Bertz CT molecular complexity index is 437. The lowest BCUT2D eigenvalue weighted by molar-refractivity contribution is 0.219. The summed E-state index contributed by atoms with van der Waals surface area (Å²) in [6.07, 6.45) is 5.32. The number of rotatable bonds is 3. The first-order valence-electron chi connectivity index (χ1n) is 7.51. The molecule has 5 nitrogen and oxygen atoms in total. The molecule has 3 aliphatic rings. The van der Waals surface area contributed by atoms with Crippen LogP contribution in [0.5, 0.6) is 0 Å². The van der Waals surface area contributed by atoms with E-state index < -0.39 is 10.2 Å². The first-order valence-corrected chi connectivity index (χ1v) is 8.90. The molecule has 19 heavy (non-hydrogen) atoms. The van der Waals surface area contributed by atoms with Crippen LogP contribution in [0.4, 0.5) is 0 Å². The molecule has 1 aliphatic carbocycles. The van der Waals surface area contributed by atoms with Crippen LogP contribution in [0.15, 0.2) is 0 Å². The zero-order valence-electron chi connectivity index (χ0n) is 11.7. The van der Waals surface area contributed by atoms with Crippen LogP contribution in [-0.4, -0.2) is 48.7 Å². The van der Waals surface area contributed by atoms with Gasteiger partial charge in [0.2, 0.25) is 0 Å². The molecule has 4 atom stereocenters. The Morgan fingerprint density at radius 1 is 1.21 bits per heavy atom. The highest BCUT2D eigenvalue weighted by Crippen LogP contribution is 2.40. The Hall–Kier alpha value is -0.170. The molecule has 2 aliphatic heterocycles. The minimum atomic E-state index is -3.25. The largest absolute Gasteiger partial charge is 0.328 e. The van der Waals surface area contributed by atoms with E-state index >= 15 is 0 Å². The summed E-state index contributed by atoms with van der Waals surface area (Å²) >= 11 is 0. The number of hydrogen-bond donors (Lipinski definition) is 1. The zero-order valence-corrected chi connectivity index (χ0v) is 12.5. The standard InChI is InChI=1S/C13H25N3O2S/c1-10(14)12-3-2-6-15(9-12)19(17,18)16-8-11-4-5-13(16)7-11/h10-13H,2-9,14H2,1H3. The fourth-order valence-electron chi connectivity index (χ4n) is 3.92. The van der Waals surface area contributed by atoms with Gasteiger partial charge in [-0.25, -0.2) is 0 Å². The van der Waals surface area contributed by atoms with E-state index in [2.05, 4.69) is 0 Å². The van der Waals surface area contributed by atoms with Gasteiger partial charge in [-0.15, -0.1) is 0 Å². The molecule has 4 unspecified atom stereocenters. The number of nitrogens with two attached hydrogens (primary N) is 1. The Balaban J connectivity index is 1.73. The van der Waals surface area contributed by atoms with E-state index in [1.165, 1.54) is 6.42 Å². The molecule has 1 saturated carbocycles. The van der Waals surface area contributed by atoms with Crippen molar-refractivity contribution in [2.75, 3.05) is 19.6 Å². The SMILES string of the molecule is CC(N)C1CCCN(S(=O)(=O)N2CC3CCC2C3)C1. The molecule has 110 valence electrons. The van der Waals surface area contributed by atoms with Crippen LogP contribution in [-0.2, 0) is 10.2 Å². The first-order chi connectivity index (χ1) is 8.98. The normalized spacial score (nSPS) is 38.7. The fourth-order valence-corrected chi connectivity index (χ4v) is 5.93. The number of fused-ring (bicyclic) bond motifs is 2. The van der Waals surface area contributed by atoms with Gasteiger partial charge in [0.25, 0.3) is 10.2 Å². The molecule has 2 saturated heterocycles. The van der Waals surface area contributed by atoms with Gasteiger partial charge >= 0.3 is 0 Å². The number of nitrogens with zero attached hydrogens (tertiary/aromatic N) is 2. The molecule has 0 spiro atoms. The second-order valence-electron chi connectivity index (χ2n) is 6.53. The summed E-state index contributed by atoms with van der Waals surface area (Å²) in [4.78, 5) is 0. The predicted molar refractivity (Wildman–Crippen MR) is 74.7 cm³/mol. The zero-order chi connectivity index (χ0) is 13.6. The van der Waals surface area contributed by atoms with Crippen molar-refractivity contribution in [3.63, 3.8) is 0 Å². The van der Waals surface area contributed by atoms with Crippen LogP contribution in [0.3, 0.4) is 0 Å². The molecule has 2 heterocycles. The smallest absolute Gasteiger partial charge is 0.282 e. The molecule has 3 fully saturated rings. The highest BCUT2D eigenvalue weighted by Gasteiger charge is 2.46. The maximum absolute atomic E-state index is 12.8. The van der Waals surface area contributed by atoms with Gasteiger partial charge in [0.1, 0.15) is 0 Å². The van der Waals surface area contributed by atoms with Crippen molar-refractivity contribution in [2.45, 2.75) is 51.1 Å². The van der Waals surface area contributed by atoms with Crippen molar-refractivity contribution in [3.8, 4) is 0 Å². The van der Waals surface area contributed by atoms with Gasteiger partial charge in [-0.2, -0.15) is 17.0 Å². The van der Waals surface area contributed by atoms with Crippen LogP contribution in [0, 0.1) is 11.8 Å². The van der Waals surface area contributed by atoms with Crippen LogP contribution in [0.25, 0.3) is 0 Å². The highest BCUT2D eigenvalue weighted by atomic mass is 32.2. The lowest BCUT2D eigenvalue weighted by Crippen LogP contribution is -2.52. The van der Waals surface area contributed by atoms with E-state index in [9.17, 15) is 8.42 Å². The van der Waals surface area contributed by atoms with E-state index in [1.807, 2.05) is 6.92 Å². The fraction of sp³-hybridized carbons (Fsp3) is 1.00. The summed E-state index contributed by atoms with van der Waals surface area (Å²) in [6, 6.07) is 0.346. The Kier molecular flexibility index (Phi) is 3.62. The topological polar surface area (TPSA) is 66.6 Å². The molecule has 6 heteroatoms. The minimum Gasteiger partial charge on any atom is -0.328 e. The third kappa shape index (κ3) is 2.44. The summed E-state index contributed by atoms with van der Waals surface area (Å²) in [5.41, 5.74) is 5.95. The van der Waals surface area contributed by atoms with Gasteiger partial charge in [-0.3, -0.25) is 0 Å². The van der Waals surface area contributed by atoms with Gasteiger partial charge in [0, 0.05) is 31.7 Å². The third-order valence-electron chi connectivity index (χ3n) is 5.15. The Morgan fingerprint density at radius 3 is 2.58 bits per heavy atom. The molecule has 3 rings (SSSR count). The van der Waals surface area contributed by atoms with Crippen molar-refractivity contribution >= 4 is 10.2 Å². The molecular weight excluding hydrogens is 262 g/mol. The first kappa shape index (κ1) is 13.8. The van der Waals surface area contributed by atoms with Crippen molar-refractivity contribution in [1.29, 1.82) is 0 Å². The monoisotopic (exact) mass is 287 g/mol. The minimum absolute atomic E-state index is 0.0769. The molecule has 2 N–H and O–H groups in total. The molecule has 2 bridgehead atoms. The number of piperidine rings is 2. The van der Waals surface area contributed by atoms with Gasteiger partial charge in [-0.05, 0) is 50.9 Å². The van der Waals surface area contributed by atoms with Gasteiger partial charge < -0.3 is 5.73 Å². The number of hydrogen-bond acceptors (Lipinski definition) is 3. The van der Waals surface area contributed by atoms with Crippen molar-refractivity contribution < 1.29 is 8.42 Å². The summed E-state index contributed by atoms with van der Waals surface area (Å²) in [5, 5.41) is 0. The summed E-state index contributed by atoms with van der Waals surface area (Å²) in [7, 11) is -3.25. The summed E-state index contributed by atoms with van der Waals surface area (Å²) in [6.45, 7) is 4.00. The van der Waals surface area contributed by atoms with Gasteiger partial charge in [0.05, 0.1) is 0 Å². The predicted octanol–water partition coefficient (Wildman–Crippen LogP) is 0.775. The summed E-state index contributed by atoms with van der Waals surface area (Å²) in [5.74, 6) is 0.914. The molecule has 0 amide bonds. The van der Waals surface area contributed by atoms with E-state index in [0.717, 1.165) is 32.2 Å². The second-order valence-corrected chi connectivity index (χ2v) is 8.41. The molecule has 0 aromatic rings. The van der Waals surface area contributed by atoms with Crippen molar-refractivity contribution in [1.82, 2.24) is 8.61 Å². The Morgan fingerprint density at radius 2 is 2.00 bits per heavy atom. The third-order valence-corrected chi connectivity index (χ3v) is 7.17. The van der Waals surface area contributed by atoms with E-state index in [1.54, 1.807) is 8.61 Å². The maximum Gasteiger partial charge on any atom is 0.282 e. The average Bonchev–Trinajstić information content (AvgIpc) is 3.01. The van der Waals surface area contributed by atoms with E-state index in [4.69, 9.17) is 5.73 Å². The molecule has 0 aromatic carbocycles. The van der Waals surface area contributed by atoms with Crippen LogP contribution < -0.4 is 5.73 Å². The Labute approximate surface area is 116 Å². The lowest BCUT2D eigenvalue weighted by atomic mass is 9.93. The van der Waals surface area contributed by atoms with Gasteiger partial charge in [0.15, 0.2) is 0 Å². The lowest BCUT2D eigenvalue weighted by Gasteiger charge is -2.38. The quantitative estimate of drug-likeness (QED) is 0.834. The van der Waals surface area contributed by atoms with Crippen molar-refractivity contribution in [3.05, 3.63) is 0 Å². The molecule has 0 radical (unpaired) electrons. The van der Waals surface area contributed by atoms with Crippen molar-refractivity contribution in [2.24, 2.45) is 17.6 Å². The van der Waals surface area contributed by atoms with E-state index in [-0.39, 0.29) is 12.1 Å². The summed E-state index contributed by atoms with van der Waals surface area (Å²) < 4.78 is 29.0. The van der Waals surface area contributed by atoms with Gasteiger partial charge in [-0.1, -0.05) is 0 Å². The molecular formula is C13H25N3O2S. The molecule has 0 aromatic heterocycles. The second kappa shape index (κ2) is 4.98. The van der Waals surface area contributed by atoms with Crippen LogP contribution in [0.1, 0.15) is 39.0 Å². The maximum atomic E-state index is 12.8. The van der Waals surface area contributed by atoms with Crippen LogP contribution >= 0.6 is 0 Å². The highest BCUT2D eigenvalue weighted by molar-refractivity contribution is 7.86. The van der Waals surface area contributed by atoms with E-state index in [0.29, 0.717) is 24.9 Å². The van der Waals surface area contributed by atoms with Crippen LogP contribution in [0.2, 0.25) is 0 Å². The average molecular weight is 287 g/mol.